The van der Waals surface area contributed by atoms with Gasteiger partial charge in [0.2, 0.25) is 0 Å². The summed E-state index contributed by atoms with van der Waals surface area (Å²) >= 11 is 0. The minimum atomic E-state index is 0.395. The molecule has 0 N–H and O–H groups in total. The van der Waals surface area contributed by atoms with E-state index in [1.807, 2.05) is 24.8 Å². The molecule has 0 aromatic carbocycles. The molecule has 0 bridgehead atoms. The fourth-order valence-corrected chi connectivity index (χ4v) is 1.16. The summed E-state index contributed by atoms with van der Waals surface area (Å²) in [5.74, 6) is 0.676. The molecule has 1 rings (SSSR count). The quantitative estimate of drug-likeness (QED) is 0.694. The summed E-state index contributed by atoms with van der Waals surface area (Å²) in [6.07, 6.45) is 3.14. The van der Waals surface area contributed by atoms with E-state index in [2.05, 4.69) is 9.97 Å². The molecule has 13 heavy (non-hydrogen) atoms. The van der Waals surface area contributed by atoms with Gasteiger partial charge in [0.25, 0.3) is 0 Å². The zero-order valence-corrected chi connectivity index (χ0v) is 7.86. The summed E-state index contributed by atoms with van der Waals surface area (Å²) in [6, 6.07) is 2.03. The zero-order valence-electron chi connectivity index (χ0n) is 7.86. The van der Waals surface area contributed by atoms with E-state index in [1.165, 1.54) is 6.20 Å². The molecule has 0 aliphatic heterocycles. The molecule has 1 aromatic rings. The van der Waals surface area contributed by atoms with Crippen molar-refractivity contribution in [1.82, 2.24) is 9.97 Å². The normalized spacial score (nSPS) is 9.31. The van der Waals surface area contributed by atoms with Crippen molar-refractivity contribution in [3.8, 4) is 6.07 Å². The van der Waals surface area contributed by atoms with Crippen LogP contribution in [-0.4, -0.2) is 23.1 Å². The Morgan fingerprint density at radius 1 is 1.31 bits per heavy atom. The van der Waals surface area contributed by atoms with Gasteiger partial charge in [0.1, 0.15) is 6.07 Å². The first kappa shape index (κ1) is 9.46. The van der Waals surface area contributed by atoms with Crippen LogP contribution in [0, 0.1) is 11.3 Å². The molecular formula is C9H12N4. The van der Waals surface area contributed by atoms with E-state index < -0.39 is 0 Å². The Hall–Kier alpha value is -1.63. The van der Waals surface area contributed by atoms with Crippen molar-refractivity contribution in [2.75, 3.05) is 18.0 Å². The molecule has 0 atom stereocenters. The first-order valence-corrected chi connectivity index (χ1v) is 4.29. The maximum Gasteiger partial charge on any atom is 0.183 e. The average molecular weight is 176 g/mol. The molecule has 0 fully saturated rings. The third kappa shape index (κ3) is 1.94. The zero-order chi connectivity index (χ0) is 9.68. The molecule has 68 valence electrons. The number of anilines is 1. The lowest BCUT2D eigenvalue weighted by atomic mass is 10.4. The van der Waals surface area contributed by atoms with Crippen LogP contribution in [0.5, 0.6) is 0 Å². The lowest BCUT2D eigenvalue weighted by molar-refractivity contribution is 0.837. The SMILES string of the molecule is CCN(CC)c1nccnc1C#N. The van der Waals surface area contributed by atoms with Crippen LogP contribution < -0.4 is 4.90 Å². The number of hydrogen-bond acceptors (Lipinski definition) is 4. The topological polar surface area (TPSA) is 52.8 Å². The van der Waals surface area contributed by atoms with E-state index >= 15 is 0 Å². The second kappa shape index (κ2) is 4.41. The van der Waals surface area contributed by atoms with Gasteiger partial charge in [0.05, 0.1) is 0 Å². The van der Waals surface area contributed by atoms with Crippen molar-refractivity contribution in [3.05, 3.63) is 18.1 Å². The largest absolute Gasteiger partial charge is 0.355 e. The average Bonchev–Trinajstić information content (AvgIpc) is 2.20. The fourth-order valence-electron chi connectivity index (χ4n) is 1.16. The van der Waals surface area contributed by atoms with E-state index in [4.69, 9.17) is 5.26 Å². The van der Waals surface area contributed by atoms with Gasteiger partial charge < -0.3 is 4.90 Å². The van der Waals surface area contributed by atoms with Crippen LogP contribution in [0.2, 0.25) is 0 Å². The highest BCUT2D eigenvalue weighted by atomic mass is 15.2. The van der Waals surface area contributed by atoms with Crippen LogP contribution in [0.15, 0.2) is 12.4 Å². The molecule has 0 spiro atoms. The second-order valence-corrected chi connectivity index (χ2v) is 2.51. The van der Waals surface area contributed by atoms with Crippen LogP contribution in [0.4, 0.5) is 5.82 Å². The van der Waals surface area contributed by atoms with Gasteiger partial charge in [-0.1, -0.05) is 0 Å². The van der Waals surface area contributed by atoms with Gasteiger partial charge in [-0.05, 0) is 13.8 Å². The summed E-state index contributed by atoms with van der Waals surface area (Å²) in [7, 11) is 0. The van der Waals surface area contributed by atoms with E-state index in [1.54, 1.807) is 6.20 Å². The molecule has 0 aliphatic rings. The van der Waals surface area contributed by atoms with Gasteiger partial charge in [0, 0.05) is 25.5 Å². The monoisotopic (exact) mass is 176 g/mol. The predicted molar refractivity (Wildman–Crippen MR) is 50.3 cm³/mol. The Bertz CT molecular complexity index is 312. The lowest BCUT2D eigenvalue weighted by Gasteiger charge is -2.19. The molecule has 0 saturated carbocycles. The van der Waals surface area contributed by atoms with E-state index in [9.17, 15) is 0 Å². The summed E-state index contributed by atoms with van der Waals surface area (Å²) in [4.78, 5) is 10.1. The summed E-state index contributed by atoms with van der Waals surface area (Å²) < 4.78 is 0. The Labute approximate surface area is 77.8 Å². The molecule has 0 unspecified atom stereocenters. The van der Waals surface area contributed by atoms with E-state index in [-0.39, 0.29) is 0 Å². The van der Waals surface area contributed by atoms with Crippen LogP contribution in [0.1, 0.15) is 19.5 Å². The molecule has 0 aliphatic carbocycles. The van der Waals surface area contributed by atoms with Crippen LogP contribution >= 0.6 is 0 Å². The van der Waals surface area contributed by atoms with Gasteiger partial charge >= 0.3 is 0 Å². The number of nitrogens with zero attached hydrogens (tertiary/aromatic N) is 4. The van der Waals surface area contributed by atoms with Crippen molar-refractivity contribution in [1.29, 1.82) is 5.26 Å². The minimum absolute atomic E-state index is 0.395. The Morgan fingerprint density at radius 3 is 2.46 bits per heavy atom. The van der Waals surface area contributed by atoms with Crippen molar-refractivity contribution < 1.29 is 0 Å². The molecule has 4 nitrogen and oxygen atoms in total. The second-order valence-electron chi connectivity index (χ2n) is 2.51. The number of nitriles is 1. The van der Waals surface area contributed by atoms with Crippen LogP contribution in [-0.2, 0) is 0 Å². The Kier molecular flexibility index (Phi) is 3.21. The number of rotatable bonds is 3. The first-order valence-electron chi connectivity index (χ1n) is 4.29. The molecule has 4 heteroatoms. The maximum absolute atomic E-state index is 8.78. The Morgan fingerprint density at radius 2 is 1.92 bits per heavy atom. The highest BCUT2D eigenvalue weighted by Gasteiger charge is 2.09. The summed E-state index contributed by atoms with van der Waals surface area (Å²) in [6.45, 7) is 5.73. The van der Waals surface area contributed by atoms with Crippen molar-refractivity contribution >= 4 is 5.82 Å². The van der Waals surface area contributed by atoms with Crippen molar-refractivity contribution in [2.24, 2.45) is 0 Å². The maximum atomic E-state index is 8.78. The van der Waals surface area contributed by atoms with Gasteiger partial charge in [-0.25, -0.2) is 9.97 Å². The standard InChI is InChI=1S/C9H12N4/c1-3-13(4-2)9-8(7-10)11-5-6-12-9/h5-6H,3-4H2,1-2H3. The van der Waals surface area contributed by atoms with Crippen molar-refractivity contribution in [3.63, 3.8) is 0 Å². The smallest absolute Gasteiger partial charge is 0.183 e. The molecule has 1 heterocycles. The Balaban J connectivity index is 3.05. The van der Waals surface area contributed by atoms with Crippen LogP contribution in [0.25, 0.3) is 0 Å². The molecule has 1 aromatic heterocycles. The predicted octanol–water partition coefficient (Wildman–Crippen LogP) is 1.19. The minimum Gasteiger partial charge on any atom is -0.355 e. The lowest BCUT2D eigenvalue weighted by Crippen LogP contribution is -2.24. The molecule has 0 amide bonds. The number of hydrogen-bond donors (Lipinski definition) is 0. The first-order chi connectivity index (χ1) is 6.33. The van der Waals surface area contributed by atoms with Gasteiger partial charge in [-0.2, -0.15) is 5.26 Å². The van der Waals surface area contributed by atoms with Gasteiger partial charge in [0.15, 0.2) is 11.5 Å². The van der Waals surface area contributed by atoms with Crippen LogP contribution in [0.3, 0.4) is 0 Å². The van der Waals surface area contributed by atoms with Gasteiger partial charge in [-0.15, -0.1) is 0 Å². The van der Waals surface area contributed by atoms with Crippen molar-refractivity contribution in [2.45, 2.75) is 13.8 Å². The molecular weight excluding hydrogens is 164 g/mol. The van der Waals surface area contributed by atoms with Gasteiger partial charge in [-0.3, -0.25) is 0 Å². The highest BCUT2D eigenvalue weighted by Crippen LogP contribution is 2.12. The summed E-state index contributed by atoms with van der Waals surface area (Å²) in [5, 5.41) is 8.78. The highest BCUT2D eigenvalue weighted by molar-refractivity contribution is 5.49. The number of aromatic nitrogens is 2. The molecule has 0 radical (unpaired) electrons. The third-order valence-electron chi connectivity index (χ3n) is 1.85. The third-order valence-corrected chi connectivity index (χ3v) is 1.85. The van der Waals surface area contributed by atoms with E-state index in [0.717, 1.165) is 13.1 Å². The molecule has 0 saturated heterocycles. The van der Waals surface area contributed by atoms with E-state index in [0.29, 0.717) is 11.5 Å². The summed E-state index contributed by atoms with van der Waals surface area (Å²) in [5.41, 5.74) is 0.395. The fraction of sp³-hybridized carbons (Fsp3) is 0.444.